The molecule has 0 unspecified atom stereocenters. The number of nitrogens with zero attached hydrogens (tertiary/aromatic N) is 1. The molecule has 0 atom stereocenters. The second-order valence-electron chi connectivity index (χ2n) is 4.33. The van der Waals surface area contributed by atoms with E-state index in [-0.39, 0.29) is 17.7 Å². The number of hydrogen-bond acceptors (Lipinski definition) is 6. The summed E-state index contributed by atoms with van der Waals surface area (Å²) in [7, 11) is 4.30. The van der Waals surface area contributed by atoms with Crippen LogP contribution in [0.4, 0.5) is 0 Å². The van der Waals surface area contributed by atoms with Gasteiger partial charge in [0.15, 0.2) is 11.5 Å². The SMILES string of the molecule is COc1cc(C(=O)N=C(CCSC)C(=O)O)cc(OC)c1OC. The molecular formula is C15H19NO6S. The Labute approximate surface area is 138 Å². The lowest BCUT2D eigenvalue weighted by atomic mass is 10.1. The van der Waals surface area contributed by atoms with Crippen molar-refractivity contribution >= 4 is 29.4 Å². The molecule has 1 aromatic carbocycles. The molecular weight excluding hydrogens is 322 g/mol. The largest absolute Gasteiger partial charge is 0.493 e. The smallest absolute Gasteiger partial charge is 0.350 e. The van der Waals surface area contributed by atoms with E-state index in [1.54, 1.807) is 0 Å². The van der Waals surface area contributed by atoms with Gasteiger partial charge < -0.3 is 19.3 Å². The Bertz CT molecular complexity index is 589. The maximum absolute atomic E-state index is 12.2. The Hall–Kier alpha value is -2.22. The lowest BCUT2D eigenvalue weighted by Crippen LogP contribution is -2.16. The molecule has 0 spiro atoms. The van der Waals surface area contributed by atoms with Gasteiger partial charge in [0.05, 0.1) is 21.3 Å². The van der Waals surface area contributed by atoms with E-state index in [0.717, 1.165) is 0 Å². The zero-order valence-corrected chi connectivity index (χ0v) is 14.2. The van der Waals surface area contributed by atoms with Crippen molar-refractivity contribution < 1.29 is 28.9 Å². The van der Waals surface area contributed by atoms with Gasteiger partial charge in [-0.1, -0.05) is 0 Å². The molecule has 0 aromatic heterocycles. The maximum atomic E-state index is 12.2. The summed E-state index contributed by atoms with van der Waals surface area (Å²) >= 11 is 1.48. The second kappa shape index (κ2) is 9.04. The van der Waals surface area contributed by atoms with Gasteiger partial charge in [-0.05, 0) is 24.1 Å². The highest BCUT2D eigenvalue weighted by Crippen LogP contribution is 2.38. The van der Waals surface area contributed by atoms with E-state index >= 15 is 0 Å². The third kappa shape index (κ3) is 4.88. The number of aliphatic imine (C=N–C) groups is 1. The van der Waals surface area contributed by atoms with Crippen LogP contribution < -0.4 is 14.2 Å². The molecule has 1 rings (SSSR count). The Morgan fingerprint density at radius 1 is 1.13 bits per heavy atom. The van der Waals surface area contributed by atoms with Gasteiger partial charge in [-0.2, -0.15) is 11.8 Å². The summed E-state index contributed by atoms with van der Waals surface area (Å²) in [5.74, 6) is -0.384. The molecule has 23 heavy (non-hydrogen) atoms. The quantitative estimate of drug-likeness (QED) is 0.724. The third-order valence-electron chi connectivity index (χ3n) is 2.94. The number of ether oxygens (including phenoxy) is 3. The van der Waals surface area contributed by atoms with Crippen molar-refractivity contribution in [2.24, 2.45) is 4.99 Å². The minimum atomic E-state index is -1.21. The Kier molecular flexibility index (Phi) is 7.40. The van der Waals surface area contributed by atoms with Crippen LogP contribution in [0.15, 0.2) is 17.1 Å². The third-order valence-corrected chi connectivity index (χ3v) is 3.55. The summed E-state index contributed by atoms with van der Waals surface area (Å²) in [6.45, 7) is 0. The van der Waals surface area contributed by atoms with Crippen molar-refractivity contribution in [1.29, 1.82) is 0 Å². The zero-order valence-electron chi connectivity index (χ0n) is 13.4. The minimum Gasteiger partial charge on any atom is -0.493 e. The van der Waals surface area contributed by atoms with E-state index in [4.69, 9.17) is 19.3 Å². The van der Waals surface area contributed by atoms with Gasteiger partial charge in [-0.25, -0.2) is 9.79 Å². The predicted molar refractivity (Wildman–Crippen MR) is 88.5 cm³/mol. The normalized spacial score (nSPS) is 11.0. The molecule has 0 saturated carbocycles. The standard InChI is InChI=1S/C15H19NO6S/c1-20-11-7-9(8-12(21-2)13(11)22-3)14(17)16-10(15(18)19)5-6-23-4/h7-8H,5-6H2,1-4H3,(H,18,19). The monoisotopic (exact) mass is 341 g/mol. The fourth-order valence-electron chi connectivity index (χ4n) is 1.80. The number of amides is 1. The number of methoxy groups -OCH3 is 3. The molecule has 0 aliphatic heterocycles. The molecule has 1 aromatic rings. The number of carboxylic acids is 1. The van der Waals surface area contributed by atoms with Crippen LogP contribution in [0.25, 0.3) is 0 Å². The van der Waals surface area contributed by atoms with E-state index in [0.29, 0.717) is 23.0 Å². The first-order chi connectivity index (χ1) is 11.0. The van der Waals surface area contributed by atoms with Gasteiger partial charge in [-0.3, -0.25) is 4.79 Å². The molecule has 1 amide bonds. The molecule has 1 N–H and O–H groups in total. The van der Waals surface area contributed by atoms with Crippen molar-refractivity contribution in [3.05, 3.63) is 17.7 Å². The average Bonchev–Trinajstić information content (AvgIpc) is 2.56. The van der Waals surface area contributed by atoms with Crippen molar-refractivity contribution in [1.82, 2.24) is 0 Å². The average molecular weight is 341 g/mol. The predicted octanol–water partition coefficient (Wildman–Crippen LogP) is 2.13. The number of hydrogen-bond donors (Lipinski definition) is 1. The highest BCUT2D eigenvalue weighted by Gasteiger charge is 2.18. The van der Waals surface area contributed by atoms with Gasteiger partial charge in [0.2, 0.25) is 5.75 Å². The summed E-state index contributed by atoms with van der Waals surface area (Å²) in [6, 6.07) is 2.86. The molecule has 0 aliphatic carbocycles. The summed E-state index contributed by atoms with van der Waals surface area (Å²) in [5.41, 5.74) is -0.0273. The van der Waals surface area contributed by atoms with E-state index in [9.17, 15) is 9.59 Å². The van der Waals surface area contributed by atoms with Gasteiger partial charge in [0.1, 0.15) is 5.71 Å². The highest BCUT2D eigenvalue weighted by molar-refractivity contribution is 7.98. The molecule has 0 fully saturated rings. The lowest BCUT2D eigenvalue weighted by molar-refractivity contribution is -0.129. The summed E-state index contributed by atoms with van der Waals surface area (Å²) in [4.78, 5) is 27.1. The van der Waals surface area contributed by atoms with Crippen molar-refractivity contribution in [3.8, 4) is 17.2 Å². The second-order valence-corrected chi connectivity index (χ2v) is 5.31. The summed E-state index contributed by atoms with van der Waals surface area (Å²) in [5, 5.41) is 9.12. The summed E-state index contributed by atoms with van der Waals surface area (Å²) in [6.07, 6.45) is 2.05. The highest BCUT2D eigenvalue weighted by atomic mass is 32.2. The van der Waals surface area contributed by atoms with Crippen LogP contribution in [0.5, 0.6) is 17.2 Å². The van der Waals surface area contributed by atoms with Crippen molar-refractivity contribution in [2.45, 2.75) is 6.42 Å². The fraction of sp³-hybridized carbons (Fsp3) is 0.400. The molecule has 0 saturated heterocycles. The van der Waals surface area contributed by atoms with Crippen LogP contribution >= 0.6 is 11.8 Å². The Morgan fingerprint density at radius 3 is 2.09 bits per heavy atom. The van der Waals surface area contributed by atoms with Gasteiger partial charge >= 0.3 is 5.97 Å². The van der Waals surface area contributed by atoms with Gasteiger partial charge in [0, 0.05) is 12.0 Å². The van der Waals surface area contributed by atoms with Gasteiger partial charge in [-0.15, -0.1) is 0 Å². The van der Waals surface area contributed by atoms with E-state index in [2.05, 4.69) is 4.99 Å². The molecule has 126 valence electrons. The number of carbonyl (C=O) groups is 2. The molecule has 0 heterocycles. The maximum Gasteiger partial charge on any atom is 0.350 e. The number of aliphatic carboxylic acids is 1. The van der Waals surface area contributed by atoms with E-state index in [1.807, 2.05) is 6.26 Å². The van der Waals surface area contributed by atoms with Crippen LogP contribution in [0, 0.1) is 0 Å². The first-order valence-corrected chi connectivity index (χ1v) is 8.02. The van der Waals surface area contributed by atoms with E-state index < -0.39 is 11.9 Å². The van der Waals surface area contributed by atoms with Crippen molar-refractivity contribution in [3.63, 3.8) is 0 Å². The molecule has 0 bridgehead atoms. The first kappa shape index (κ1) is 18.8. The van der Waals surface area contributed by atoms with Crippen LogP contribution in [0.3, 0.4) is 0 Å². The number of thioether (sulfide) groups is 1. The molecule has 7 nitrogen and oxygen atoms in total. The number of rotatable bonds is 8. The topological polar surface area (TPSA) is 94.4 Å². The van der Waals surface area contributed by atoms with Gasteiger partial charge in [0.25, 0.3) is 5.91 Å². The van der Waals surface area contributed by atoms with Crippen LogP contribution in [0.2, 0.25) is 0 Å². The fourth-order valence-corrected chi connectivity index (χ4v) is 2.20. The van der Waals surface area contributed by atoms with Crippen LogP contribution in [-0.2, 0) is 4.79 Å². The minimum absolute atomic E-state index is 0.155. The molecule has 0 aliphatic rings. The lowest BCUT2D eigenvalue weighted by Gasteiger charge is -2.13. The number of carboxylic acid groups (broad SMARTS) is 1. The molecule has 8 heteroatoms. The van der Waals surface area contributed by atoms with E-state index in [1.165, 1.54) is 45.2 Å². The Balaban J connectivity index is 3.23. The molecule has 0 radical (unpaired) electrons. The first-order valence-electron chi connectivity index (χ1n) is 6.62. The van der Waals surface area contributed by atoms with Crippen LogP contribution in [0.1, 0.15) is 16.8 Å². The van der Waals surface area contributed by atoms with Crippen LogP contribution in [-0.4, -0.2) is 56.0 Å². The number of benzene rings is 1. The van der Waals surface area contributed by atoms with Crippen molar-refractivity contribution in [2.75, 3.05) is 33.3 Å². The Morgan fingerprint density at radius 2 is 1.70 bits per heavy atom. The number of carbonyl (C=O) groups excluding carboxylic acids is 1. The summed E-state index contributed by atoms with van der Waals surface area (Å²) < 4.78 is 15.5. The zero-order chi connectivity index (χ0) is 17.4.